The van der Waals surface area contributed by atoms with Crippen molar-refractivity contribution in [2.45, 2.75) is 45.3 Å². The number of carbonyl (C=O) groups excluding carboxylic acids is 1. The second-order valence-electron chi connectivity index (χ2n) is 5.35. The van der Waals surface area contributed by atoms with Crippen LogP contribution in [0.2, 0.25) is 0 Å². The molecule has 19 heavy (non-hydrogen) atoms. The van der Waals surface area contributed by atoms with E-state index in [1.165, 1.54) is 0 Å². The Morgan fingerprint density at radius 1 is 1.37 bits per heavy atom. The maximum absolute atomic E-state index is 11.8. The van der Waals surface area contributed by atoms with Crippen LogP contribution in [0.15, 0.2) is 30.3 Å². The second kappa shape index (κ2) is 6.84. The minimum Gasteiger partial charge on any atom is -0.444 e. The summed E-state index contributed by atoms with van der Waals surface area (Å²) in [7, 11) is 0. The van der Waals surface area contributed by atoms with Gasteiger partial charge in [-0.05, 0) is 32.8 Å². The first-order chi connectivity index (χ1) is 8.92. The zero-order chi connectivity index (χ0) is 14.3. The predicted octanol–water partition coefficient (Wildman–Crippen LogP) is 3.67. The van der Waals surface area contributed by atoms with E-state index in [1.54, 1.807) is 0 Å². The summed E-state index contributed by atoms with van der Waals surface area (Å²) >= 11 is 0. The van der Waals surface area contributed by atoms with E-state index in [0.29, 0.717) is 12.8 Å². The van der Waals surface area contributed by atoms with Crippen LogP contribution >= 0.6 is 0 Å². The molecule has 0 bridgehead atoms. The van der Waals surface area contributed by atoms with Crippen molar-refractivity contribution in [1.82, 2.24) is 5.32 Å². The molecule has 1 amide bonds. The first kappa shape index (κ1) is 15.1. The number of alkyl carbamates (subject to hydrolysis) is 1. The molecule has 0 aliphatic heterocycles. The topological polar surface area (TPSA) is 38.3 Å². The summed E-state index contributed by atoms with van der Waals surface area (Å²) in [6.45, 7) is 5.52. The first-order valence-electron chi connectivity index (χ1n) is 6.40. The van der Waals surface area contributed by atoms with Gasteiger partial charge in [0.2, 0.25) is 0 Å². The number of hydrogen-bond acceptors (Lipinski definition) is 2. The van der Waals surface area contributed by atoms with Crippen LogP contribution in [0.4, 0.5) is 4.79 Å². The van der Waals surface area contributed by atoms with Gasteiger partial charge in [0.15, 0.2) is 0 Å². The monoisotopic (exact) mass is 259 g/mol. The van der Waals surface area contributed by atoms with E-state index in [4.69, 9.17) is 11.2 Å². The van der Waals surface area contributed by atoms with Gasteiger partial charge < -0.3 is 10.1 Å². The minimum absolute atomic E-state index is 0.118. The average molecular weight is 259 g/mol. The number of nitrogens with one attached hydrogen (secondary N) is 1. The Hall–Kier alpha value is -1.95. The number of terminal acetylenes is 1. The molecule has 0 aliphatic rings. The highest BCUT2D eigenvalue weighted by Crippen LogP contribution is 2.19. The van der Waals surface area contributed by atoms with E-state index in [1.807, 2.05) is 51.1 Å². The lowest BCUT2D eigenvalue weighted by atomic mass is 10.0. The Labute approximate surface area is 115 Å². The van der Waals surface area contributed by atoms with Gasteiger partial charge >= 0.3 is 6.09 Å². The Kier molecular flexibility index (Phi) is 5.44. The molecule has 3 nitrogen and oxygen atoms in total. The van der Waals surface area contributed by atoms with Crippen LogP contribution in [0, 0.1) is 12.3 Å². The molecule has 1 rings (SSSR count). The molecule has 3 heteroatoms. The second-order valence-corrected chi connectivity index (χ2v) is 5.35. The van der Waals surface area contributed by atoms with Crippen molar-refractivity contribution in [3.63, 3.8) is 0 Å². The third-order valence-electron chi connectivity index (χ3n) is 2.47. The summed E-state index contributed by atoms with van der Waals surface area (Å²) in [6.07, 6.45) is 6.18. The molecular weight excluding hydrogens is 238 g/mol. The molecule has 0 aromatic heterocycles. The highest BCUT2D eigenvalue weighted by molar-refractivity contribution is 5.68. The fraction of sp³-hybridized carbons (Fsp3) is 0.438. The highest BCUT2D eigenvalue weighted by Gasteiger charge is 2.20. The average Bonchev–Trinajstić information content (AvgIpc) is 2.33. The molecule has 0 spiro atoms. The maximum atomic E-state index is 11.8. The van der Waals surface area contributed by atoms with Gasteiger partial charge in [-0.2, -0.15) is 0 Å². The molecule has 1 aromatic carbocycles. The molecule has 0 radical (unpaired) electrons. The van der Waals surface area contributed by atoms with Crippen molar-refractivity contribution >= 4 is 6.09 Å². The van der Waals surface area contributed by atoms with Crippen LogP contribution in [0.25, 0.3) is 0 Å². The van der Waals surface area contributed by atoms with E-state index >= 15 is 0 Å². The first-order valence-corrected chi connectivity index (χ1v) is 6.40. The molecule has 0 heterocycles. The lowest BCUT2D eigenvalue weighted by Crippen LogP contribution is -2.35. The van der Waals surface area contributed by atoms with E-state index < -0.39 is 11.7 Å². The van der Waals surface area contributed by atoms with Crippen molar-refractivity contribution < 1.29 is 9.53 Å². The fourth-order valence-electron chi connectivity index (χ4n) is 1.69. The summed E-state index contributed by atoms with van der Waals surface area (Å²) in [6, 6.07) is 9.64. The maximum Gasteiger partial charge on any atom is 0.408 e. The molecular formula is C16H21NO2. The molecule has 1 atom stereocenters. The minimum atomic E-state index is -0.503. The molecule has 0 fully saturated rings. The zero-order valence-electron chi connectivity index (χ0n) is 11.8. The standard InChI is InChI=1S/C16H21NO2/c1-5-6-12-14(13-10-8-7-9-11-13)17-15(18)19-16(2,3)4/h1,7-11,14H,6,12H2,2-4H3,(H,17,18). The van der Waals surface area contributed by atoms with Crippen molar-refractivity contribution in [2.24, 2.45) is 0 Å². The molecule has 102 valence electrons. The quantitative estimate of drug-likeness (QED) is 0.838. The summed E-state index contributed by atoms with van der Waals surface area (Å²) in [5.74, 6) is 2.60. The zero-order valence-corrected chi connectivity index (χ0v) is 11.8. The Morgan fingerprint density at radius 3 is 2.53 bits per heavy atom. The molecule has 0 saturated heterocycles. The Balaban J connectivity index is 2.71. The number of amides is 1. The normalized spacial score (nSPS) is 12.3. The molecule has 0 aliphatic carbocycles. The molecule has 1 unspecified atom stereocenters. The number of benzene rings is 1. The summed E-state index contributed by atoms with van der Waals surface area (Å²) in [5, 5.41) is 2.87. The van der Waals surface area contributed by atoms with Crippen molar-refractivity contribution in [3.05, 3.63) is 35.9 Å². The third kappa shape index (κ3) is 5.96. The van der Waals surface area contributed by atoms with Crippen LogP contribution in [0.1, 0.15) is 45.2 Å². The van der Waals surface area contributed by atoms with Crippen LogP contribution in [-0.2, 0) is 4.74 Å². The van der Waals surface area contributed by atoms with Gasteiger partial charge in [0.25, 0.3) is 0 Å². The number of hydrogen-bond donors (Lipinski definition) is 1. The third-order valence-corrected chi connectivity index (χ3v) is 2.47. The van der Waals surface area contributed by atoms with Crippen molar-refractivity contribution in [3.8, 4) is 12.3 Å². The van der Waals surface area contributed by atoms with Gasteiger partial charge in [0, 0.05) is 6.42 Å². The number of rotatable bonds is 4. The van der Waals surface area contributed by atoms with Crippen molar-refractivity contribution in [2.75, 3.05) is 0 Å². The van der Waals surface area contributed by atoms with Gasteiger partial charge in [0.05, 0.1) is 6.04 Å². The number of ether oxygens (including phenoxy) is 1. The van der Waals surface area contributed by atoms with E-state index in [9.17, 15) is 4.79 Å². The highest BCUT2D eigenvalue weighted by atomic mass is 16.6. The Morgan fingerprint density at radius 2 is 2.00 bits per heavy atom. The summed E-state index contributed by atoms with van der Waals surface area (Å²) in [4.78, 5) is 11.8. The van der Waals surface area contributed by atoms with Gasteiger partial charge in [-0.1, -0.05) is 30.3 Å². The summed E-state index contributed by atoms with van der Waals surface area (Å²) < 4.78 is 5.27. The van der Waals surface area contributed by atoms with Crippen LogP contribution < -0.4 is 5.32 Å². The Bertz CT molecular complexity index is 440. The van der Waals surface area contributed by atoms with E-state index in [0.717, 1.165) is 5.56 Å². The van der Waals surface area contributed by atoms with Gasteiger partial charge in [-0.15, -0.1) is 12.3 Å². The van der Waals surface area contributed by atoms with Crippen LogP contribution in [0.5, 0.6) is 0 Å². The van der Waals surface area contributed by atoms with Gasteiger partial charge in [-0.25, -0.2) is 4.79 Å². The molecule has 1 aromatic rings. The summed E-state index contributed by atoms with van der Waals surface area (Å²) in [5.41, 5.74) is 0.529. The van der Waals surface area contributed by atoms with E-state index in [-0.39, 0.29) is 6.04 Å². The SMILES string of the molecule is C#CCCC(NC(=O)OC(C)(C)C)c1ccccc1. The fourth-order valence-corrected chi connectivity index (χ4v) is 1.69. The van der Waals surface area contributed by atoms with Gasteiger partial charge in [-0.3, -0.25) is 0 Å². The lowest BCUT2D eigenvalue weighted by Gasteiger charge is -2.23. The number of carbonyl (C=O) groups is 1. The molecule has 0 saturated carbocycles. The van der Waals surface area contributed by atoms with Crippen LogP contribution in [0.3, 0.4) is 0 Å². The van der Waals surface area contributed by atoms with Crippen LogP contribution in [-0.4, -0.2) is 11.7 Å². The lowest BCUT2D eigenvalue weighted by molar-refractivity contribution is 0.0501. The molecule has 1 N–H and O–H groups in total. The van der Waals surface area contributed by atoms with E-state index in [2.05, 4.69) is 11.2 Å². The largest absolute Gasteiger partial charge is 0.444 e. The van der Waals surface area contributed by atoms with Crippen molar-refractivity contribution in [1.29, 1.82) is 0 Å². The smallest absolute Gasteiger partial charge is 0.408 e. The predicted molar refractivity (Wildman–Crippen MR) is 76.6 cm³/mol. The van der Waals surface area contributed by atoms with Gasteiger partial charge in [0.1, 0.15) is 5.60 Å².